The van der Waals surface area contributed by atoms with E-state index < -0.39 is 0 Å². The van der Waals surface area contributed by atoms with Gasteiger partial charge in [0.2, 0.25) is 0 Å². The lowest BCUT2D eigenvalue weighted by molar-refractivity contribution is 0.746. The molecule has 0 spiro atoms. The molecular formula is C10H9Cl2NS. The molecule has 2 rings (SSSR count). The van der Waals surface area contributed by atoms with Crippen molar-refractivity contribution in [1.29, 1.82) is 0 Å². The van der Waals surface area contributed by atoms with Gasteiger partial charge in [-0.05, 0) is 42.6 Å². The summed E-state index contributed by atoms with van der Waals surface area (Å²) in [5.41, 5.74) is 1.14. The predicted molar refractivity (Wildman–Crippen MR) is 64.5 cm³/mol. The molecule has 1 aromatic carbocycles. The zero-order chi connectivity index (χ0) is 10.2. The number of halogens is 2. The van der Waals surface area contributed by atoms with Gasteiger partial charge in [-0.25, -0.2) is 4.40 Å². The fourth-order valence-electron chi connectivity index (χ4n) is 1.43. The van der Waals surface area contributed by atoms with E-state index in [4.69, 9.17) is 23.2 Å². The first-order valence-corrected chi connectivity index (χ1v) is 5.80. The Labute approximate surface area is 97.6 Å². The van der Waals surface area contributed by atoms with Gasteiger partial charge in [0, 0.05) is 22.7 Å². The van der Waals surface area contributed by atoms with E-state index in [0.29, 0.717) is 10.0 Å². The van der Waals surface area contributed by atoms with Crippen molar-refractivity contribution in [2.75, 3.05) is 0 Å². The average molecular weight is 246 g/mol. The molecule has 1 aliphatic rings. The van der Waals surface area contributed by atoms with Gasteiger partial charge in [-0.1, -0.05) is 23.2 Å². The monoisotopic (exact) mass is 245 g/mol. The zero-order valence-electron chi connectivity index (χ0n) is 7.63. The van der Waals surface area contributed by atoms with Gasteiger partial charge in [0.1, 0.15) is 0 Å². The lowest BCUT2D eigenvalue weighted by atomic mass is 9.97. The molecule has 0 aromatic heterocycles. The molecule has 0 N–H and O–H groups in total. The van der Waals surface area contributed by atoms with Gasteiger partial charge in [-0.15, -0.1) is 0 Å². The molecule has 0 bridgehead atoms. The summed E-state index contributed by atoms with van der Waals surface area (Å²) in [5.74, 6) is 0. The van der Waals surface area contributed by atoms with Crippen LogP contribution in [0.3, 0.4) is 0 Å². The molecule has 0 saturated carbocycles. The Hall–Kier alpha value is -0.180. The Morgan fingerprint density at radius 3 is 2.43 bits per heavy atom. The summed E-state index contributed by atoms with van der Waals surface area (Å²) in [5, 5.41) is 1.36. The van der Waals surface area contributed by atoms with Crippen LogP contribution in [-0.4, -0.2) is 6.21 Å². The quantitative estimate of drug-likeness (QED) is 0.672. The molecule has 1 nitrogen and oxygen atoms in total. The zero-order valence-corrected chi connectivity index (χ0v) is 9.96. The fraction of sp³-hybridized carbons (Fsp3) is 0.300. The lowest BCUT2D eigenvalue weighted by Gasteiger charge is -2.21. The van der Waals surface area contributed by atoms with Gasteiger partial charge in [-0.2, -0.15) is 0 Å². The first-order chi connectivity index (χ1) is 6.60. The molecule has 1 aromatic rings. The van der Waals surface area contributed by atoms with Crippen molar-refractivity contribution in [3.05, 3.63) is 33.8 Å². The van der Waals surface area contributed by atoms with Gasteiger partial charge in [0.25, 0.3) is 0 Å². The van der Waals surface area contributed by atoms with Gasteiger partial charge in [0.15, 0.2) is 0 Å². The van der Waals surface area contributed by atoms with Crippen molar-refractivity contribution in [2.24, 2.45) is 4.40 Å². The molecule has 0 fully saturated rings. The van der Waals surface area contributed by atoms with E-state index in [0.717, 1.165) is 12.0 Å². The molecule has 0 radical (unpaired) electrons. The third-order valence-corrected chi connectivity index (χ3v) is 3.78. The fourth-order valence-corrected chi connectivity index (χ4v) is 2.71. The minimum atomic E-state index is -0.00542. The second-order valence-electron chi connectivity index (χ2n) is 3.47. The van der Waals surface area contributed by atoms with Gasteiger partial charge >= 0.3 is 0 Å². The minimum absolute atomic E-state index is 0.00542. The van der Waals surface area contributed by atoms with Gasteiger partial charge in [-0.3, -0.25) is 0 Å². The second kappa shape index (κ2) is 3.76. The van der Waals surface area contributed by atoms with Crippen LogP contribution in [0, 0.1) is 0 Å². The number of benzene rings is 1. The van der Waals surface area contributed by atoms with E-state index in [9.17, 15) is 0 Å². The Bertz CT molecular complexity index is 361. The third kappa shape index (κ3) is 1.92. The summed E-state index contributed by atoms with van der Waals surface area (Å²) in [6.07, 6.45) is 2.85. The van der Waals surface area contributed by atoms with Crippen LogP contribution in [0.4, 0.5) is 0 Å². The van der Waals surface area contributed by atoms with E-state index in [-0.39, 0.29) is 4.75 Å². The van der Waals surface area contributed by atoms with Crippen LogP contribution >= 0.6 is 35.1 Å². The standard InChI is InChI=1S/C10H9Cl2NS/c1-10(2-3-13-14-10)7-4-8(11)6-9(12)5-7/h3-6H,2H2,1H3. The van der Waals surface area contributed by atoms with Crippen LogP contribution in [0.1, 0.15) is 18.9 Å². The Balaban J connectivity index is 2.41. The molecule has 1 atom stereocenters. The topological polar surface area (TPSA) is 12.4 Å². The van der Waals surface area contributed by atoms with E-state index >= 15 is 0 Å². The van der Waals surface area contributed by atoms with Gasteiger partial charge < -0.3 is 0 Å². The molecule has 4 heteroatoms. The maximum absolute atomic E-state index is 5.96. The maximum atomic E-state index is 5.96. The molecule has 1 aliphatic heterocycles. The van der Waals surface area contributed by atoms with E-state index in [1.807, 2.05) is 18.3 Å². The summed E-state index contributed by atoms with van der Waals surface area (Å²) in [6, 6.07) is 5.65. The summed E-state index contributed by atoms with van der Waals surface area (Å²) >= 11 is 13.5. The molecular weight excluding hydrogens is 237 g/mol. The highest BCUT2D eigenvalue weighted by atomic mass is 35.5. The number of hydrogen-bond donors (Lipinski definition) is 0. The van der Waals surface area contributed by atoms with Crippen LogP contribution in [0.2, 0.25) is 10.0 Å². The van der Waals surface area contributed by atoms with Crippen molar-refractivity contribution >= 4 is 41.4 Å². The number of hydrogen-bond acceptors (Lipinski definition) is 2. The SMILES string of the molecule is CC1(c2cc(Cl)cc(Cl)c2)CC=NS1. The molecule has 0 amide bonds. The van der Waals surface area contributed by atoms with E-state index in [1.165, 1.54) is 0 Å². The first kappa shape index (κ1) is 10.3. The Morgan fingerprint density at radius 2 is 1.93 bits per heavy atom. The smallest absolute Gasteiger partial charge is 0.0648 e. The minimum Gasteiger partial charge on any atom is -0.228 e. The van der Waals surface area contributed by atoms with E-state index in [2.05, 4.69) is 11.3 Å². The van der Waals surface area contributed by atoms with Crippen molar-refractivity contribution in [3.8, 4) is 0 Å². The maximum Gasteiger partial charge on any atom is 0.0648 e. The molecule has 0 aliphatic carbocycles. The molecule has 0 saturated heterocycles. The molecule has 74 valence electrons. The third-order valence-electron chi connectivity index (χ3n) is 2.28. The number of nitrogens with zero attached hydrogens (tertiary/aromatic N) is 1. The van der Waals surface area contributed by atoms with Crippen molar-refractivity contribution in [2.45, 2.75) is 18.1 Å². The van der Waals surface area contributed by atoms with Crippen LogP contribution in [-0.2, 0) is 4.75 Å². The summed E-state index contributed by atoms with van der Waals surface area (Å²) < 4.78 is 4.17. The van der Waals surface area contributed by atoms with Crippen LogP contribution in [0.15, 0.2) is 22.6 Å². The Morgan fingerprint density at radius 1 is 1.29 bits per heavy atom. The highest BCUT2D eigenvalue weighted by Crippen LogP contribution is 2.44. The molecule has 1 unspecified atom stereocenters. The number of rotatable bonds is 1. The summed E-state index contributed by atoms with van der Waals surface area (Å²) in [6.45, 7) is 2.15. The molecule has 14 heavy (non-hydrogen) atoms. The van der Waals surface area contributed by atoms with Crippen molar-refractivity contribution in [3.63, 3.8) is 0 Å². The van der Waals surface area contributed by atoms with Crippen LogP contribution in [0.25, 0.3) is 0 Å². The molecule has 1 heterocycles. The summed E-state index contributed by atoms with van der Waals surface area (Å²) in [4.78, 5) is 0. The first-order valence-electron chi connectivity index (χ1n) is 4.27. The van der Waals surface area contributed by atoms with E-state index in [1.54, 1.807) is 18.0 Å². The highest BCUT2D eigenvalue weighted by Gasteiger charge is 2.30. The predicted octanol–water partition coefficient (Wildman–Crippen LogP) is 4.33. The lowest BCUT2D eigenvalue weighted by Crippen LogP contribution is -2.13. The largest absolute Gasteiger partial charge is 0.228 e. The normalized spacial score (nSPS) is 25.6. The summed E-state index contributed by atoms with van der Waals surface area (Å²) in [7, 11) is 0. The Kier molecular flexibility index (Phi) is 2.78. The van der Waals surface area contributed by atoms with Crippen molar-refractivity contribution < 1.29 is 0 Å². The second-order valence-corrected chi connectivity index (χ2v) is 5.64. The highest BCUT2D eigenvalue weighted by molar-refractivity contribution is 7.99. The van der Waals surface area contributed by atoms with Crippen LogP contribution in [0.5, 0.6) is 0 Å². The van der Waals surface area contributed by atoms with Crippen LogP contribution < -0.4 is 0 Å². The van der Waals surface area contributed by atoms with Gasteiger partial charge in [0.05, 0.1) is 4.75 Å². The average Bonchev–Trinajstić information content (AvgIpc) is 2.52. The van der Waals surface area contributed by atoms with Crippen molar-refractivity contribution in [1.82, 2.24) is 0 Å².